The van der Waals surface area contributed by atoms with Gasteiger partial charge < -0.3 is 39.5 Å². The summed E-state index contributed by atoms with van der Waals surface area (Å²) in [6.07, 6.45) is 1.90. The van der Waals surface area contributed by atoms with Crippen LogP contribution in [-0.4, -0.2) is 140 Å². The number of halogens is 1. The highest BCUT2D eigenvalue weighted by atomic mass is 127. The minimum absolute atomic E-state index is 0.0796. The number of aryl methyl sites for hydroxylation is 3. The van der Waals surface area contributed by atoms with E-state index >= 15 is 0 Å². The first-order valence-electron chi connectivity index (χ1n) is 24.0. The van der Waals surface area contributed by atoms with Crippen LogP contribution in [0.15, 0.2) is 66.4 Å². The molecule has 12 atom stereocenters. The third kappa shape index (κ3) is 15.1. The van der Waals surface area contributed by atoms with Crippen molar-refractivity contribution >= 4 is 34.3 Å². The Labute approximate surface area is 411 Å². The van der Waals surface area contributed by atoms with Crippen molar-refractivity contribution in [2.24, 2.45) is 23.7 Å². The predicted molar refractivity (Wildman–Crippen MR) is 268 cm³/mol. The molecule has 370 valence electrons. The highest BCUT2D eigenvalue weighted by Gasteiger charge is 2.47. The van der Waals surface area contributed by atoms with Crippen molar-refractivity contribution in [1.29, 1.82) is 0 Å². The smallest absolute Gasteiger partial charge is 0.308 e. The third-order valence-electron chi connectivity index (χ3n) is 13.9. The summed E-state index contributed by atoms with van der Waals surface area (Å²) in [4.78, 5) is 31.8. The normalized spacial score (nSPS) is 30.6. The average molecular weight is 1040 g/mol. The number of cyclic esters (lactones) is 1. The van der Waals surface area contributed by atoms with Gasteiger partial charge >= 0.3 is 5.97 Å². The van der Waals surface area contributed by atoms with Crippen molar-refractivity contribution in [3.05, 3.63) is 92.2 Å². The zero-order valence-electron chi connectivity index (χ0n) is 41.2. The molecule has 5 rings (SSSR count). The van der Waals surface area contributed by atoms with Crippen molar-refractivity contribution in [2.45, 2.75) is 150 Å². The molecular formula is C52H76IN5O9. The molecule has 1 aromatic heterocycles. The number of aromatic nitrogens is 3. The summed E-state index contributed by atoms with van der Waals surface area (Å²) in [5.74, 6) is -2.53. The Kier molecular flexibility index (Phi) is 20.7. The van der Waals surface area contributed by atoms with Gasteiger partial charge in [0.1, 0.15) is 17.9 Å². The van der Waals surface area contributed by atoms with Gasteiger partial charge in [0.05, 0.1) is 49.6 Å². The molecule has 3 aromatic rings. The van der Waals surface area contributed by atoms with E-state index in [2.05, 4.69) is 95.0 Å². The van der Waals surface area contributed by atoms with E-state index in [0.717, 1.165) is 31.5 Å². The lowest BCUT2D eigenvalue weighted by Gasteiger charge is -2.47. The van der Waals surface area contributed by atoms with Crippen LogP contribution in [0.2, 0.25) is 0 Å². The van der Waals surface area contributed by atoms with Gasteiger partial charge in [-0.3, -0.25) is 19.2 Å². The Morgan fingerprint density at radius 3 is 2.30 bits per heavy atom. The number of carbonyl (C=O) groups excluding carboxylic acids is 2. The van der Waals surface area contributed by atoms with Crippen LogP contribution in [0.25, 0.3) is 11.3 Å². The molecule has 2 unspecified atom stereocenters. The fourth-order valence-electron chi connectivity index (χ4n) is 9.58. The van der Waals surface area contributed by atoms with Gasteiger partial charge in [-0.1, -0.05) is 61.9 Å². The van der Waals surface area contributed by atoms with E-state index in [1.165, 1.54) is 11.1 Å². The lowest BCUT2D eigenvalue weighted by Crippen LogP contribution is -2.63. The topological polar surface area (TPSA) is 180 Å². The summed E-state index contributed by atoms with van der Waals surface area (Å²) < 4.78 is 22.1. The third-order valence-corrected chi connectivity index (χ3v) is 14.6. The Bertz CT molecular complexity index is 2130. The fourth-order valence-corrected chi connectivity index (χ4v) is 9.94. The maximum atomic E-state index is 14.0. The van der Waals surface area contributed by atoms with E-state index < -0.39 is 72.7 Å². The molecule has 67 heavy (non-hydrogen) atoms. The summed E-state index contributed by atoms with van der Waals surface area (Å²) >= 11 is 2.30. The molecule has 3 heterocycles. The second kappa shape index (κ2) is 25.5. The van der Waals surface area contributed by atoms with Crippen LogP contribution in [0.5, 0.6) is 0 Å². The number of ether oxygens (including phenoxy) is 3. The van der Waals surface area contributed by atoms with Crippen LogP contribution >= 0.6 is 22.6 Å². The number of benzene rings is 2. The van der Waals surface area contributed by atoms with Crippen molar-refractivity contribution in [3.63, 3.8) is 0 Å². The van der Waals surface area contributed by atoms with E-state index in [1.54, 1.807) is 38.1 Å². The number of aliphatic hydroxyl groups is 4. The van der Waals surface area contributed by atoms with Gasteiger partial charge in [0, 0.05) is 46.6 Å². The van der Waals surface area contributed by atoms with Gasteiger partial charge in [0.25, 0.3) is 0 Å². The van der Waals surface area contributed by atoms with E-state index in [9.17, 15) is 30.0 Å². The molecule has 0 radical (unpaired) electrons. The number of hydrogen-bond acceptors (Lipinski definition) is 13. The minimum atomic E-state index is -1.26. The van der Waals surface area contributed by atoms with E-state index in [4.69, 9.17) is 14.2 Å². The van der Waals surface area contributed by atoms with Crippen molar-refractivity contribution in [2.75, 3.05) is 33.8 Å². The lowest BCUT2D eigenvalue weighted by molar-refractivity contribution is -0.304. The van der Waals surface area contributed by atoms with Crippen molar-refractivity contribution in [3.8, 4) is 11.3 Å². The molecule has 1 saturated heterocycles. The van der Waals surface area contributed by atoms with Gasteiger partial charge in [-0.15, -0.1) is 5.10 Å². The van der Waals surface area contributed by atoms with Crippen LogP contribution in [0.1, 0.15) is 89.0 Å². The second-order valence-corrected chi connectivity index (χ2v) is 20.6. The van der Waals surface area contributed by atoms with Crippen LogP contribution in [0.3, 0.4) is 0 Å². The second-order valence-electron chi connectivity index (χ2n) is 19.3. The number of ketones is 1. The van der Waals surface area contributed by atoms with Gasteiger partial charge in [-0.2, -0.15) is 0 Å². The maximum Gasteiger partial charge on any atom is 0.308 e. The van der Waals surface area contributed by atoms with Gasteiger partial charge in [0.15, 0.2) is 12.1 Å². The maximum absolute atomic E-state index is 14.0. The summed E-state index contributed by atoms with van der Waals surface area (Å²) in [7, 11) is 3.55. The largest absolute Gasteiger partial charge is 0.462 e. The van der Waals surface area contributed by atoms with Gasteiger partial charge in [-0.25, -0.2) is 0 Å². The summed E-state index contributed by atoms with van der Waals surface area (Å²) in [6, 6.07) is 12.0. The van der Waals surface area contributed by atoms with Gasteiger partial charge in [0.2, 0.25) is 0 Å². The van der Waals surface area contributed by atoms with Crippen LogP contribution in [-0.2, 0) is 36.9 Å². The zero-order valence-corrected chi connectivity index (χ0v) is 43.4. The van der Waals surface area contributed by atoms with E-state index in [1.807, 2.05) is 44.6 Å². The molecule has 0 aliphatic carbocycles. The Morgan fingerprint density at radius 2 is 1.63 bits per heavy atom. The SMILES string of the molecule is CC[C@H]1OC(=O)C[C@@H](O)[C@H](C)[C@@H](O[C@@H]2O[C@H](C)[C@@H](O)C(N(C)C)C2O)[C@@H](CCN(CCn2cc(-c3cc(C)c(C)cc3C)nn2)Cc2ccc(I)cc2)C[C@@H](C)C(=O)/C=C/C(C)=C/[C@@H]1CCO. The molecule has 4 N–H and O–H groups in total. The molecule has 14 nitrogen and oxygen atoms in total. The molecule has 0 amide bonds. The van der Waals surface area contributed by atoms with Crippen LogP contribution < -0.4 is 0 Å². The highest BCUT2D eigenvalue weighted by molar-refractivity contribution is 14.1. The highest BCUT2D eigenvalue weighted by Crippen LogP contribution is 2.35. The number of esters is 1. The number of nitrogens with zero attached hydrogens (tertiary/aromatic N) is 5. The van der Waals surface area contributed by atoms with Crippen LogP contribution in [0, 0.1) is 48.0 Å². The van der Waals surface area contributed by atoms with E-state index in [0.29, 0.717) is 51.9 Å². The monoisotopic (exact) mass is 1040 g/mol. The molecule has 2 aliphatic heterocycles. The van der Waals surface area contributed by atoms with Crippen molar-refractivity contribution in [1.82, 2.24) is 24.8 Å². The Morgan fingerprint density at radius 1 is 0.925 bits per heavy atom. The lowest BCUT2D eigenvalue weighted by atomic mass is 9.79. The first-order valence-corrected chi connectivity index (χ1v) is 25.0. The first kappa shape index (κ1) is 54.5. The van der Waals surface area contributed by atoms with E-state index in [-0.39, 0.29) is 24.7 Å². The molecule has 0 bridgehead atoms. The molecule has 0 saturated carbocycles. The molecule has 1 fully saturated rings. The average Bonchev–Trinajstić information content (AvgIpc) is 3.75. The number of aliphatic hydroxyl groups excluding tert-OH is 4. The minimum Gasteiger partial charge on any atom is -0.462 e. The van der Waals surface area contributed by atoms with Gasteiger partial charge in [-0.05, 0) is 156 Å². The molecule has 2 aromatic carbocycles. The van der Waals surface area contributed by atoms with Crippen molar-refractivity contribution < 1.29 is 44.2 Å². The first-order chi connectivity index (χ1) is 31.8. The number of rotatable bonds is 15. The number of hydrogen-bond donors (Lipinski definition) is 4. The zero-order chi connectivity index (χ0) is 49.1. The number of allylic oxidation sites excluding steroid dienone is 3. The quantitative estimate of drug-likeness (QED) is 0.0948. The molecule has 2 aliphatic rings. The molecule has 0 spiro atoms. The number of carbonyl (C=O) groups is 2. The van der Waals surface area contributed by atoms with Crippen LogP contribution in [0.4, 0.5) is 0 Å². The Balaban J connectivity index is 1.52. The standard InChI is InChI=1S/C52H76IN5O9/c1-11-46-39(19-23-59)24-31(2)12-17-44(60)35(6)26-40(51(36(7)45(61)28-47(62)66-46)67-52-50(64)48(56(9)10)49(63)37(8)65-52)18-20-57(29-38-13-15-41(53)16-14-38)21-22-58-30-43(54-55-58)42-27-33(4)32(3)25-34(42)5/h12-17,24-25,27,30,35-37,39-40,45-46,48-52,59,61,63-64H,11,18-23,26,28-29H2,1-10H3/b17-12+,31-24+/t35-,36+,37-,39+,40+,45-,46-,48?,49-,50?,51-,52+/m1/s1. The number of likely N-dealkylation sites (N-methyl/N-ethyl adjacent to an activating group) is 1. The molecule has 15 heteroatoms. The Hall–Kier alpha value is -3.39. The summed E-state index contributed by atoms with van der Waals surface area (Å²) in [6.45, 7) is 17.8. The summed E-state index contributed by atoms with van der Waals surface area (Å²) in [5, 5.41) is 53.9. The predicted octanol–water partition coefficient (Wildman–Crippen LogP) is 6.58. The molecular weight excluding hydrogens is 966 g/mol. The fraction of sp³-hybridized carbons (Fsp3) is 0.615. The summed E-state index contributed by atoms with van der Waals surface area (Å²) in [5.41, 5.74) is 7.35.